The second-order valence-electron chi connectivity index (χ2n) is 8.31. The normalized spacial score (nSPS) is 15.7. The lowest BCUT2D eigenvalue weighted by atomic mass is 9.97. The highest BCUT2D eigenvalue weighted by molar-refractivity contribution is 6.06. The number of nitriles is 1. The second kappa shape index (κ2) is 9.73. The molecule has 0 saturated carbocycles. The third-order valence-electron chi connectivity index (χ3n) is 5.91. The van der Waals surface area contributed by atoms with Gasteiger partial charge in [0.25, 0.3) is 5.91 Å². The van der Waals surface area contributed by atoms with Crippen LogP contribution in [0.15, 0.2) is 24.8 Å². The average Bonchev–Trinajstić information content (AvgIpc) is 3.49. The number of nitrogens with zero attached hydrogens (tertiary/aromatic N) is 6. The summed E-state index contributed by atoms with van der Waals surface area (Å²) in [6.45, 7) is 2.89. The number of halogens is 3. The van der Waals surface area contributed by atoms with Crippen LogP contribution in [0.1, 0.15) is 36.5 Å². The zero-order valence-electron chi connectivity index (χ0n) is 18.8. The third kappa shape index (κ3) is 5.42. The molecule has 13 heteroatoms. The number of hydrogen-bond donors (Lipinski definition) is 2. The van der Waals surface area contributed by atoms with Gasteiger partial charge in [0.15, 0.2) is 5.65 Å². The molecule has 1 saturated heterocycles. The van der Waals surface area contributed by atoms with Crippen LogP contribution in [0.25, 0.3) is 22.4 Å². The van der Waals surface area contributed by atoms with E-state index in [1.807, 2.05) is 6.92 Å². The highest BCUT2D eigenvalue weighted by Crippen LogP contribution is 2.25. The maximum atomic E-state index is 13.3. The smallest absolute Gasteiger partial charge is 0.344 e. The van der Waals surface area contributed by atoms with E-state index < -0.39 is 30.5 Å². The topological polar surface area (TPSA) is 133 Å². The van der Waals surface area contributed by atoms with Crippen LogP contribution in [0.5, 0.6) is 0 Å². The summed E-state index contributed by atoms with van der Waals surface area (Å²) < 4.78 is 41.5. The molecule has 1 aliphatic rings. The van der Waals surface area contributed by atoms with Crippen LogP contribution in [0.2, 0.25) is 0 Å². The summed E-state index contributed by atoms with van der Waals surface area (Å²) >= 11 is 0. The van der Waals surface area contributed by atoms with Crippen LogP contribution in [-0.2, 0) is 11.3 Å². The quantitative estimate of drug-likeness (QED) is 0.548. The van der Waals surface area contributed by atoms with Gasteiger partial charge < -0.3 is 15.2 Å². The molecule has 3 aromatic heterocycles. The predicted molar refractivity (Wildman–Crippen MR) is 118 cm³/mol. The number of aromatic nitrogens is 5. The molecule has 4 rings (SSSR count). The van der Waals surface area contributed by atoms with E-state index in [0.717, 1.165) is 0 Å². The molecular weight excluding hydrogens is 465 g/mol. The van der Waals surface area contributed by atoms with Crippen molar-refractivity contribution in [3.63, 3.8) is 0 Å². The third-order valence-corrected chi connectivity index (χ3v) is 5.91. The van der Waals surface area contributed by atoms with Gasteiger partial charge >= 0.3 is 6.18 Å². The molecular formula is C22H23F3N8O2. The molecule has 0 radical (unpaired) electrons. The maximum Gasteiger partial charge on any atom is 0.391 e. The van der Waals surface area contributed by atoms with E-state index in [1.54, 1.807) is 17.1 Å². The van der Waals surface area contributed by atoms with Gasteiger partial charge in [-0.3, -0.25) is 14.3 Å². The van der Waals surface area contributed by atoms with Crippen molar-refractivity contribution in [2.75, 3.05) is 13.1 Å². The van der Waals surface area contributed by atoms with E-state index in [4.69, 9.17) is 5.26 Å². The van der Waals surface area contributed by atoms with Gasteiger partial charge in [-0.15, -0.1) is 0 Å². The van der Waals surface area contributed by atoms with Crippen molar-refractivity contribution in [2.24, 2.45) is 5.92 Å². The van der Waals surface area contributed by atoms with Crippen molar-refractivity contribution in [3.05, 3.63) is 30.4 Å². The fourth-order valence-corrected chi connectivity index (χ4v) is 3.99. The molecule has 1 aliphatic heterocycles. The number of fused-ring (bicyclic) bond motifs is 1. The van der Waals surface area contributed by atoms with Crippen LogP contribution < -0.4 is 5.32 Å². The number of alkyl halides is 3. The van der Waals surface area contributed by atoms with Crippen LogP contribution in [0, 0.1) is 17.2 Å². The fourth-order valence-electron chi connectivity index (χ4n) is 3.99. The van der Waals surface area contributed by atoms with Gasteiger partial charge in [-0.2, -0.15) is 23.5 Å². The molecule has 0 unspecified atom stereocenters. The highest BCUT2D eigenvalue weighted by atomic mass is 19.4. The number of nitrogens with one attached hydrogen (secondary N) is 2. The fraction of sp³-hybridized carbons (Fsp3) is 0.455. The first kappa shape index (κ1) is 24.2. The summed E-state index contributed by atoms with van der Waals surface area (Å²) in [7, 11) is 0. The lowest BCUT2D eigenvalue weighted by Gasteiger charge is -2.32. The van der Waals surface area contributed by atoms with Crippen LogP contribution in [0.3, 0.4) is 0 Å². The standard InChI is InChI=1S/C22H23F3N8O2/c1-2-33-12-14(9-29-33)17-11-28-19-18(30-17)15(10-27-19)20(34)31-16(7-22(23,24)25)21(35)32-5-3-13(8-26)4-6-32/h9-13,16H,2-7H2,1H3,(H,27,28)(H,31,34)/t16-/m0/s1. The number of amides is 2. The Hall–Kier alpha value is -3.95. The molecule has 4 heterocycles. The van der Waals surface area contributed by atoms with Crippen molar-refractivity contribution >= 4 is 23.0 Å². The molecule has 184 valence electrons. The molecule has 0 aliphatic carbocycles. The predicted octanol–water partition coefficient (Wildman–Crippen LogP) is 2.65. The van der Waals surface area contributed by atoms with Gasteiger partial charge in [0.2, 0.25) is 5.91 Å². The SMILES string of the molecule is CCn1cc(-c2cnc3[nH]cc(C(=O)N[C@@H](CC(F)(F)F)C(=O)N4CCC(C#N)CC4)c3n2)cn1. The first-order valence-electron chi connectivity index (χ1n) is 11.1. The van der Waals surface area contributed by atoms with Crippen LogP contribution in [0.4, 0.5) is 13.2 Å². The number of aryl methyl sites for hydroxylation is 1. The number of rotatable bonds is 6. The Morgan fingerprint density at radius 1 is 1.31 bits per heavy atom. The van der Waals surface area contributed by atoms with Gasteiger partial charge in [-0.05, 0) is 19.8 Å². The number of hydrogen-bond acceptors (Lipinski definition) is 6. The van der Waals surface area contributed by atoms with E-state index in [2.05, 4.69) is 31.4 Å². The van der Waals surface area contributed by atoms with E-state index in [1.165, 1.54) is 17.3 Å². The molecule has 0 bridgehead atoms. The Labute approximate surface area is 198 Å². The molecule has 3 aromatic rings. The van der Waals surface area contributed by atoms with Crippen molar-refractivity contribution < 1.29 is 22.8 Å². The minimum Gasteiger partial charge on any atom is -0.344 e. The van der Waals surface area contributed by atoms with Crippen molar-refractivity contribution in [1.29, 1.82) is 5.26 Å². The average molecular weight is 488 g/mol. The summed E-state index contributed by atoms with van der Waals surface area (Å²) in [5.41, 5.74) is 1.52. The number of carbonyl (C=O) groups excluding carboxylic acids is 2. The number of H-pyrrole nitrogens is 1. The van der Waals surface area contributed by atoms with Gasteiger partial charge in [0, 0.05) is 43.5 Å². The summed E-state index contributed by atoms with van der Waals surface area (Å²) in [5.74, 6) is -1.94. The number of carbonyl (C=O) groups is 2. The van der Waals surface area contributed by atoms with Gasteiger partial charge in [-0.1, -0.05) is 0 Å². The number of likely N-dealkylation sites (tertiary alicyclic amines) is 1. The minimum atomic E-state index is -4.68. The number of aromatic amines is 1. The number of piperidine rings is 1. The monoisotopic (exact) mass is 488 g/mol. The maximum absolute atomic E-state index is 13.3. The van der Waals surface area contributed by atoms with Crippen molar-refractivity contribution in [3.8, 4) is 17.3 Å². The van der Waals surface area contributed by atoms with Gasteiger partial charge in [0.05, 0.1) is 36.1 Å². The van der Waals surface area contributed by atoms with Crippen LogP contribution in [-0.4, -0.2) is 66.8 Å². The summed E-state index contributed by atoms with van der Waals surface area (Å²) in [5, 5.41) is 15.4. The van der Waals surface area contributed by atoms with E-state index >= 15 is 0 Å². The Morgan fingerprint density at radius 2 is 2.06 bits per heavy atom. The molecule has 10 nitrogen and oxygen atoms in total. The molecule has 1 atom stereocenters. The summed E-state index contributed by atoms with van der Waals surface area (Å²) in [4.78, 5) is 38.6. The summed E-state index contributed by atoms with van der Waals surface area (Å²) in [6, 6.07) is 0.309. The lowest BCUT2D eigenvalue weighted by molar-refractivity contribution is -0.154. The Kier molecular flexibility index (Phi) is 6.72. The largest absolute Gasteiger partial charge is 0.391 e. The molecule has 2 N–H and O–H groups in total. The molecule has 0 spiro atoms. The molecule has 0 aromatic carbocycles. The van der Waals surface area contributed by atoms with E-state index in [0.29, 0.717) is 30.6 Å². The Balaban J connectivity index is 1.57. The molecule has 1 fully saturated rings. The molecule has 2 amide bonds. The molecule has 35 heavy (non-hydrogen) atoms. The van der Waals surface area contributed by atoms with Gasteiger partial charge in [-0.25, -0.2) is 9.97 Å². The van der Waals surface area contributed by atoms with E-state index in [-0.39, 0.29) is 35.7 Å². The highest BCUT2D eigenvalue weighted by Gasteiger charge is 2.39. The second-order valence-corrected chi connectivity index (χ2v) is 8.31. The first-order valence-corrected chi connectivity index (χ1v) is 11.1. The zero-order chi connectivity index (χ0) is 25.2. The van der Waals surface area contributed by atoms with Crippen LogP contribution >= 0.6 is 0 Å². The van der Waals surface area contributed by atoms with E-state index in [9.17, 15) is 22.8 Å². The summed E-state index contributed by atoms with van der Waals surface area (Å²) in [6.07, 6.45) is 0.728. The van der Waals surface area contributed by atoms with Crippen molar-refractivity contribution in [2.45, 2.75) is 44.9 Å². The van der Waals surface area contributed by atoms with Crippen molar-refractivity contribution in [1.82, 2.24) is 34.9 Å². The lowest BCUT2D eigenvalue weighted by Crippen LogP contribution is -2.52. The first-order chi connectivity index (χ1) is 16.7. The Morgan fingerprint density at radius 3 is 2.69 bits per heavy atom. The van der Waals surface area contributed by atoms with Gasteiger partial charge in [0.1, 0.15) is 11.6 Å². The minimum absolute atomic E-state index is 0.0274. The zero-order valence-corrected chi connectivity index (χ0v) is 18.8. The Bertz CT molecular complexity index is 1270.